The summed E-state index contributed by atoms with van der Waals surface area (Å²) >= 11 is 4.01. The molecule has 2 aliphatic heterocycles. The number of nitrogens with two attached hydrogens (primary N) is 1. The summed E-state index contributed by atoms with van der Waals surface area (Å²) in [6.45, 7) is 0. The maximum Gasteiger partial charge on any atom is 0.352 e. The van der Waals surface area contributed by atoms with Gasteiger partial charge in [0.15, 0.2) is 0 Å². The lowest BCUT2D eigenvalue weighted by Gasteiger charge is -2.49. The molecule has 4 amide bonds. The quantitative estimate of drug-likeness (QED) is 0.250. The number of nitrogens with one attached hydrogen (secondary N) is 3. The highest BCUT2D eigenvalue weighted by molar-refractivity contribution is 8.01. The third kappa shape index (κ3) is 4.31. The average molecular weight is 496 g/mol. The Morgan fingerprint density at radius 3 is 2.88 bits per heavy atom. The molecule has 0 radical (unpaired) electrons. The van der Waals surface area contributed by atoms with Crippen molar-refractivity contribution in [2.24, 2.45) is 5.73 Å². The van der Waals surface area contributed by atoms with E-state index >= 15 is 0 Å². The van der Waals surface area contributed by atoms with E-state index in [9.17, 15) is 24.3 Å². The zero-order valence-corrected chi connectivity index (χ0v) is 18.6. The lowest BCUT2D eigenvalue weighted by molar-refractivity contribution is -0.150. The first kappa shape index (κ1) is 22.2. The fourth-order valence-corrected chi connectivity index (χ4v) is 6.29. The van der Waals surface area contributed by atoms with Gasteiger partial charge in [-0.05, 0) is 28.0 Å². The van der Waals surface area contributed by atoms with Gasteiger partial charge in [-0.25, -0.2) is 9.59 Å². The van der Waals surface area contributed by atoms with Gasteiger partial charge in [-0.2, -0.15) is 21.6 Å². The van der Waals surface area contributed by atoms with Gasteiger partial charge in [-0.1, -0.05) is 11.8 Å². The molecule has 2 unspecified atom stereocenters. The van der Waals surface area contributed by atoms with Gasteiger partial charge in [0.25, 0.3) is 5.91 Å². The number of carboxylic acids is 1. The molecule has 4 rings (SSSR count). The van der Waals surface area contributed by atoms with Crippen LogP contribution in [0.4, 0.5) is 4.79 Å². The molecule has 1 saturated heterocycles. The number of nitrogens with zero attached hydrogens (tertiary/aromatic N) is 3. The third-order valence-corrected chi connectivity index (χ3v) is 7.79. The number of carbonyl (C=O) groups excluding carboxylic acids is 3. The third-order valence-electron chi connectivity index (χ3n) is 4.76. The summed E-state index contributed by atoms with van der Waals surface area (Å²) in [7, 11) is 0. The number of aromatic nitrogens is 3. The van der Waals surface area contributed by atoms with E-state index in [0.717, 1.165) is 0 Å². The van der Waals surface area contributed by atoms with Crippen molar-refractivity contribution < 1.29 is 24.3 Å². The van der Waals surface area contributed by atoms with Crippen molar-refractivity contribution in [2.45, 2.75) is 22.5 Å². The predicted octanol–water partition coefficient (Wildman–Crippen LogP) is 0.107. The summed E-state index contributed by atoms with van der Waals surface area (Å²) in [5.74, 6) is -1.64. The molecule has 2 aromatic rings. The molecule has 0 bridgehead atoms. The molecule has 0 aliphatic carbocycles. The summed E-state index contributed by atoms with van der Waals surface area (Å²) in [4.78, 5) is 50.1. The van der Waals surface area contributed by atoms with E-state index in [-0.39, 0.29) is 5.70 Å². The molecular formula is C17H17N7O5S3. The number of primary amides is 1. The minimum atomic E-state index is -1.21. The lowest BCUT2D eigenvalue weighted by Crippen LogP contribution is -2.71. The Kier molecular flexibility index (Phi) is 6.38. The van der Waals surface area contributed by atoms with Gasteiger partial charge in [-0.15, -0.1) is 16.9 Å². The minimum Gasteiger partial charge on any atom is -0.477 e. The first-order valence-corrected chi connectivity index (χ1v) is 12.1. The number of carbonyl (C=O) groups is 4. The second kappa shape index (κ2) is 9.22. The number of aliphatic carboxylic acids is 1. The first-order valence-electron chi connectivity index (χ1n) is 9.13. The molecule has 3 atom stereocenters. The standard InChI is InChI=1S/C17H17N7O5S3/c18-17(29)21-10(7-1-2-30-4-7)13(25)20-11-14(26)24-12(16(27)28)8(6-32-15(11)24)5-31-9-3-19-23-22-9/h1-4,10-11,15H,5-6H2,(H,20,25)(H,27,28)(H3,18,21,29)(H,19,22,23)/t10?,11-,15?/m1/s1. The summed E-state index contributed by atoms with van der Waals surface area (Å²) in [5.41, 5.74) is 6.22. The van der Waals surface area contributed by atoms with Crippen LogP contribution in [0, 0.1) is 0 Å². The van der Waals surface area contributed by atoms with E-state index in [0.29, 0.717) is 27.7 Å². The Labute approximate surface area is 193 Å². The molecule has 6 N–H and O–H groups in total. The molecule has 4 heterocycles. The molecule has 2 aromatic heterocycles. The van der Waals surface area contributed by atoms with Gasteiger partial charge < -0.3 is 21.5 Å². The van der Waals surface area contributed by atoms with Crippen LogP contribution < -0.4 is 16.4 Å². The molecule has 0 spiro atoms. The van der Waals surface area contributed by atoms with E-state index in [4.69, 9.17) is 5.73 Å². The molecular weight excluding hydrogens is 478 g/mol. The van der Waals surface area contributed by atoms with E-state index < -0.39 is 41.3 Å². The second-order valence-corrected chi connectivity index (χ2v) is 9.63. The number of aromatic amines is 1. The van der Waals surface area contributed by atoms with Crippen molar-refractivity contribution in [3.8, 4) is 0 Å². The fraction of sp³-hybridized carbons (Fsp3) is 0.294. The zero-order valence-electron chi connectivity index (χ0n) is 16.2. The van der Waals surface area contributed by atoms with Crippen LogP contribution in [0.15, 0.2) is 39.3 Å². The van der Waals surface area contributed by atoms with Gasteiger partial charge in [0.2, 0.25) is 5.91 Å². The van der Waals surface area contributed by atoms with Crippen molar-refractivity contribution in [3.05, 3.63) is 39.9 Å². The van der Waals surface area contributed by atoms with Gasteiger partial charge in [0.05, 0.1) is 6.20 Å². The van der Waals surface area contributed by atoms with E-state index in [1.54, 1.807) is 16.8 Å². The molecule has 168 valence electrons. The number of thioether (sulfide) groups is 2. The number of β-lactam (4-membered cyclic amide) rings is 1. The normalized spacial score (nSPS) is 20.9. The Balaban J connectivity index is 1.48. The van der Waals surface area contributed by atoms with Crippen molar-refractivity contribution in [1.82, 2.24) is 30.9 Å². The Morgan fingerprint density at radius 2 is 2.25 bits per heavy atom. The first-order chi connectivity index (χ1) is 15.4. The molecule has 15 heteroatoms. The Hall–Kier alpha value is -3.04. The monoisotopic (exact) mass is 495 g/mol. The zero-order chi connectivity index (χ0) is 22.8. The smallest absolute Gasteiger partial charge is 0.352 e. The minimum absolute atomic E-state index is 0.0788. The number of carboxylic acid groups (broad SMARTS) is 1. The molecule has 2 aliphatic rings. The number of fused-ring (bicyclic) bond motifs is 1. The van der Waals surface area contributed by atoms with Crippen LogP contribution in [0.2, 0.25) is 0 Å². The Morgan fingerprint density at radius 1 is 1.44 bits per heavy atom. The van der Waals surface area contributed by atoms with Crippen LogP contribution in [0.1, 0.15) is 11.6 Å². The number of rotatable bonds is 8. The number of hydrogen-bond donors (Lipinski definition) is 5. The summed E-state index contributed by atoms with van der Waals surface area (Å²) < 4.78 is 0. The maximum absolute atomic E-state index is 12.8. The molecule has 0 aromatic carbocycles. The van der Waals surface area contributed by atoms with E-state index in [1.807, 2.05) is 0 Å². The van der Waals surface area contributed by atoms with Crippen molar-refractivity contribution >= 4 is 58.7 Å². The molecule has 12 nitrogen and oxygen atoms in total. The van der Waals surface area contributed by atoms with Crippen LogP contribution in [0.3, 0.4) is 0 Å². The SMILES string of the molecule is NC(=O)NC(C(=O)N[C@@H]1C(=O)N2C(C(=O)O)=C(CSc3cn[nH]n3)CSC12)c1ccsc1. The van der Waals surface area contributed by atoms with Gasteiger partial charge in [0.1, 0.15) is 28.2 Å². The predicted molar refractivity (Wildman–Crippen MR) is 117 cm³/mol. The molecule has 0 saturated carbocycles. The number of thiophene rings is 1. The molecule has 1 fully saturated rings. The van der Waals surface area contributed by atoms with E-state index in [2.05, 4.69) is 26.0 Å². The van der Waals surface area contributed by atoms with Crippen LogP contribution >= 0.6 is 34.9 Å². The summed E-state index contributed by atoms with van der Waals surface area (Å²) in [6, 6.07) is -1.19. The largest absolute Gasteiger partial charge is 0.477 e. The average Bonchev–Trinajstić information content (AvgIpc) is 3.47. The summed E-state index contributed by atoms with van der Waals surface area (Å²) in [5, 5.41) is 28.3. The van der Waals surface area contributed by atoms with Crippen LogP contribution in [-0.2, 0) is 14.4 Å². The number of H-pyrrole nitrogens is 1. The van der Waals surface area contributed by atoms with Gasteiger partial charge >= 0.3 is 12.0 Å². The van der Waals surface area contributed by atoms with Gasteiger partial charge in [-0.3, -0.25) is 14.5 Å². The van der Waals surface area contributed by atoms with Crippen LogP contribution in [0.25, 0.3) is 0 Å². The highest BCUT2D eigenvalue weighted by Crippen LogP contribution is 2.41. The lowest BCUT2D eigenvalue weighted by atomic mass is 10.0. The van der Waals surface area contributed by atoms with Crippen molar-refractivity contribution in [1.29, 1.82) is 0 Å². The topological polar surface area (TPSA) is 183 Å². The number of hydrogen-bond acceptors (Lipinski definition) is 9. The second-order valence-electron chi connectivity index (χ2n) is 6.75. The maximum atomic E-state index is 12.8. The van der Waals surface area contributed by atoms with E-state index in [1.165, 1.54) is 46.0 Å². The van der Waals surface area contributed by atoms with Crippen LogP contribution in [0.5, 0.6) is 0 Å². The number of urea groups is 1. The Bertz CT molecular complexity index is 1070. The fourth-order valence-electron chi connectivity index (χ4n) is 3.33. The van der Waals surface area contributed by atoms with Gasteiger partial charge in [0, 0.05) is 11.5 Å². The highest BCUT2D eigenvalue weighted by atomic mass is 32.2. The van der Waals surface area contributed by atoms with Crippen molar-refractivity contribution in [2.75, 3.05) is 11.5 Å². The highest BCUT2D eigenvalue weighted by Gasteiger charge is 2.54. The van der Waals surface area contributed by atoms with Crippen LogP contribution in [-0.4, -0.2) is 72.2 Å². The molecule has 32 heavy (non-hydrogen) atoms. The number of amides is 4. The van der Waals surface area contributed by atoms with Crippen molar-refractivity contribution in [3.63, 3.8) is 0 Å². The summed E-state index contributed by atoms with van der Waals surface area (Å²) in [6.07, 6.45) is 1.52.